The molecule has 0 saturated heterocycles. The number of fused-ring (bicyclic) bond motifs is 1. The Bertz CT molecular complexity index is 1390. The summed E-state index contributed by atoms with van der Waals surface area (Å²) in [6, 6.07) is 14.2. The Morgan fingerprint density at radius 3 is 2.24 bits per heavy atom. The molecule has 0 aliphatic rings. The Kier molecular flexibility index (Phi) is 6.55. The molecule has 4 rings (SSSR count). The number of hydrogen-bond donors (Lipinski definition) is 2. The zero-order chi connectivity index (χ0) is 24.2. The second-order valence-electron chi connectivity index (χ2n) is 6.93. The second kappa shape index (κ2) is 9.72. The van der Waals surface area contributed by atoms with Crippen LogP contribution in [0.5, 0.6) is 17.4 Å². The van der Waals surface area contributed by atoms with Crippen LogP contribution in [0.4, 0.5) is 19.3 Å². The molecule has 0 radical (unpaired) electrons. The summed E-state index contributed by atoms with van der Waals surface area (Å²) in [7, 11) is 1.57. The van der Waals surface area contributed by atoms with E-state index in [1.54, 1.807) is 19.2 Å². The van der Waals surface area contributed by atoms with E-state index < -0.39 is 29.1 Å². The molecule has 0 atom stereocenters. The van der Waals surface area contributed by atoms with E-state index in [0.29, 0.717) is 11.5 Å². The van der Waals surface area contributed by atoms with Gasteiger partial charge in [0.15, 0.2) is 0 Å². The number of anilines is 1. The molecule has 34 heavy (non-hydrogen) atoms. The van der Waals surface area contributed by atoms with Crippen molar-refractivity contribution in [2.24, 2.45) is 0 Å². The summed E-state index contributed by atoms with van der Waals surface area (Å²) in [5, 5.41) is 5.86. The van der Waals surface area contributed by atoms with Crippen LogP contribution in [0.3, 0.4) is 0 Å². The number of pyridine rings is 1. The fourth-order valence-electron chi connectivity index (χ4n) is 3.23. The molecule has 0 spiro atoms. The Balaban J connectivity index is 1.48. The standard InChI is InChI=1S/C24H16ClF2N3O4/c1-33-19-9-10-20(15-6-3-2-5-14(15)19)34-23-16(25)11-13(12-28-23)29-24(32)30-22(31)21-17(26)7-4-8-18(21)27/h2-12H,1H3,(H2,29,30,31,32). The van der Waals surface area contributed by atoms with E-state index in [9.17, 15) is 18.4 Å². The molecule has 1 aromatic heterocycles. The summed E-state index contributed by atoms with van der Waals surface area (Å²) >= 11 is 6.27. The maximum atomic E-state index is 13.7. The third-order valence-electron chi connectivity index (χ3n) is 4.75. The van der Waals surface area contributed by atoms with Crippen molar-refractivity contribution in [3.05, 3.63) is 89.1 Å². The van der Waals surface area contributed by atoms with E-state index in [1.807, 2.05) is 29.6 Å². The lowest BCUT2D eigenvalue weighted by Gasteiger charge is -2.13. The second-order valence-corrected chi connectivity index (χ2v) is 7.34. The first-order valence-electron chi connectivity index (χ1n) is 9.83. The van der Waals surface area contributed by atoms with Gasteiger partial charge in [0.1, 0.15) is 33.7 Å². The first-order valence-corrected chi connectivity index (χ1v) is 10.2. The molecule has 10 heteroatoms. The maximum absolute atomic E-state index is 13.7. The highest BCUT2D eigenvalue weighted by atomic mass is 35.5. The number of methoxy groups -OCH3 is 1. The van der Waals surface area contributed by atoms with Gasteiger partial charge in [-0.15, -0.1) is 0 Å². The zero-order valence-corrected chi connectivity index (χ0v) is 18.3. The number of halogens is 3. The largest absolute Gasteiger partial charge is 0.496 e. The zero-order valence-electron chi connectivity index (χ0n) is 17.6. The van der Waals surface area contributed by atoms with E-state index in [0.717, 1.165) is 29.0 Å². The number of amides is 3. The minimum Gasteiger partial charge on any atom is -0.496 e. The smallest absolute Gasteiger partial charge is 0.326 e. The summed E-state index contributed by atoms with van der Waals surface area (Å²) in [5.41, 5.74) is -0.750. The van der Waals surface area contributed by atoms with Gasteiger partial charge in [0.05, 0.1) is 19.0 Å². The highest BCUT2D eigenvalue weighted by Gasteiger charge is 2.19. The van der Waals surface area contributed by atoms with Gasteiger partial charge in [-0.25, -0.2) is 18.6 Å². The van der Waals surface area contributed by atoms with E-state index in [1.165, 1.54) is 12.3 Å². The molecule has 3 aromatic carbocycles. The van der Waals surface area contributed by atoms with Crippen LogP contribution in [0.25, 0.3) is 10.8 Å². The molecule has 7 nitrogen and oxygen atoms in total. The summed E-state index contributed by atoms with van der Waals surface area (Å²) in [5.74, 6) is -2.18. The molecule has 0 aliphatic heterocycles. The van der Waals surface area contributed by atoms with E-state index in [-0.39, 0.29) is 16.6 Å². The van der Waals surface area contributed by atoms with Crippen molar-refractivity contribution in [1.82, 2.24) is 10.3 Å². The number of ether oxygens (including phenoxy) is 2. The van der Waals surface area contributed by atoms with E-state index >= 15 is 0 Å². The normalized spacial score (nSPS) is 10.6. The van der Waals surface area contributed by atoms with Gasteiger partial charge in [-0.1, -0.05) is 41.9 Å². The fraction of sp³-hybridized carbons (Fsp3) is 0.0417. The van der Waals surface area contributed by atoms with Gasteiger partial charge in [0, 0.05) is 10.8 Å². The number of urea groups is 1. The molecule has 4 aromatic rings. The average molecular weight is 484 g/mol. The van der Waals surface area contributed by atoms with E-state index in [2.05, 4.69) is 10.3 Å². The number of nitrogens with one attached hydrogen (secondary N) is 2. The number of imide groups is 1. The van der Waals surface area contributed by atoms with Gasteiger partial charge < -0.3 is 14.8 Å². The predicted molar refractivity (Wildman–Crippen MR) is 123 cm³/mol. The number of benzene rings is 3. The van der Waals surface area contributed by atoms with Crippen molar-refractivity contribution in [3.8, 4) is 17.4 Å². The van der Waals surface area contributed by atoms with Crippen molar-refractivity contribution in [2.75, 3.05) is 12.4 Å². The third kappa shape index (κ3) is 4.74. The molecular weight excluding hydrogens is 468 g/mol. The third-order valence-corrected chi connectivity index (χ3v) is 5.02. The summed E-state index contributed by atoms with van der Waals surface area (Å²) in [6.07, 6.45) is 1.25. The van der Waals surface area contributed by atoms with Gasteiger partial charge in [-0.3, -0.25) is 10.1 Å². The first kappa shape index (κ1) is 22.9. The monoisotopic (exact) mass is 483 g/mol. The summed E-state index contributed by atoms with van der Waals surface area (Å²) in [4.78, 5) is 28.3. The SMILES string of the molecule is COc1ccc(Oc2ncc(NC(=O)NC(=O)c3c(F)cccc3F)cc2Cl)c2ccccc12. The molecule has 2 N–H and O–H groups in total. The van der Waals surface area contributed by atoms with Crippen molar-refractivity contribution < 1.29 is 27.8 Å². The van der Waals surface area contributed by atoms with E-state index in [4.69, 9.17) is 21.1 Å². The van der Waals surface area contributed by atoms with Gasteiger partial charge in [-0.2, -0.15) is 0 Å². The van der Waals surface area contributed by atoms with Crippen LogP contribution < -0.4 is 20.1 Å². The molecule has 172 valence electrons. The average Bonchev–Trinajstić information content (AvgIpc) is 2.80. The number of rotatable bonds is 5. The number of hydrogen-bond acceptors (Lipinski definition) is 5. The number of carbonyl (C=O) groups is 2. The fourth-order valence-corrected chi connectivity index (χ4v) is 3.43. The van der Waals surface area contributed by atoms with Crippen molar-refractivity contribution in [2.45, 2.75) is 0 Å². The predicted octanol–water partition coefficient (Wildman–Crippen LogP) is 5.93. The number of nitrogens with zero attached hydrogens (tertiary/aromatic N) is 1. The van der Waals surface area contributed by atoms with Gasteiger partial charge in [0.2, 0.25) is 5.88 Å². The highest BCUT2D eigenvalue weighted by molar-refractivity contribution is 6.32. The molecule has 1 heterocycles. The van der Waals surface area contributed by atoms with Gasteiger partial charge in [-0.05, 0) is 30.3 Å². The van der Waals surface area contributed by atoms with Crippen LogP contribution in [-0.2, 0) is 0 Å². The Labute approximate surface area is 197 Å². The van der Waals surface area contributed by atoms with Gasteiger partial charge in [0.25, 0.3) is 5.91 Å². The Morgan fingerprint density at radius 2 is 1.59 bits per heavy atom. The number of aromatic nitrogens is 1. The lowest BCUT2D eigenvalue weighted by molar-refractivity contribution is 0.0959. The summed E-state index contributed by atoms with van der Waals surface area (Å²) in [6.45, 7) is 0. The van der Waals surface area contributed by atoms with Gasteiger partial charge >= 0.3 is 6.03 Å². The highest BCUT2D eigenvalue weighted by Crippen LogP contribution is 2.37. The minimum absolute atomic E-state index is 0.0733. The Hall–Kier alpha value is -4.24. The van der Waals surface area contributed by atoms with Crippen LogP contribution in [0, 0.1) is 11.6 Å². The minimum atomic E-state index is -1.24. The number of carbonyl (C=O) groups excluding carboxylic acids is 2. The van der Waals surface area contributed by atoms with Crippen LogP contribution >= 0.6 is 11.6 Å². The molecular formula is C24H16ClF2N3O4. The molecule has 0 aliphatic carbocycles. The summed E-state index contributed by atoms with van der Waals surface area (Å²) < 4.78 is 38.7. The molecule has 0 unspecified atom stereocenters. The van der Waals surface area contributed by atoms with Crippen LogP contribution in [-0.4, -0.2) is 24.0 Å². The van der Waals surface area contributed by atoms with Crippen LogP contribution in [0.15, 0.2) is 66.9 Å². The molecule has 0 saturated carbocycles. The van der Waals surface area contributed by atoms with Crippen molar-refractivity contribution in [1.29, 1.82) is 0 Å². The maximum Gasteiger partial charge on any atom is 0.326 e. The van der Waals surface area contributed by atoms with Crippen LogP contribution in [0.2, 0.25) is 5.02 Å². The lowest BCUT2D eigenvalue weighted by Crippen LogP contribution is -2.35. The molecule has 3 amide bonds. The van der Waals surface area contributed by atoms with Crippen molar-refractivity contribution >= 4 is 40.0 Å². The van der Waals surface area contributed by atoms with Crippen molar-refractivity contribution in [3.63, 3.8) is 0 Å². The quantitative estimate of drug-likeness (QED) is 0.367. The molecule has 0 fully saturated rings. The van der Waals surface area contributed by atoms with Crippen LogP contribution in [0.1, 0.15) is 10.4 Å². The Morgan fingerprint density at radius 1 is 0.941 bits per heavy atom. The first-order chi connectivity index (χ1) is 16.4. The molecule has 0 bridgehead atoms. The lowest BCUT2D eigenvalue weighted by atomic mass is 10.1. The topological polar surface area (TPSA) is 89.6 Å².